The Kier molecular flexibility index (Phi) is 3.46. The second kappa shape index (κ2) is 4.97. The molecule has 3 fully saturated rings. The van der Waals surface area contributed by atoms with Crippen LogP contribution in [0.2, 0.25) is 0 Å². The Morgan fingerprint density at radius 2 is 1.84 bits per heavy atom. The van der Waals surface area contributed by atoms with E-state index in [1.165, 1.54) is 32.2 Å². The smallest absolute Gasteiger partial charge is 0.319 e. The van der Waals surface area contributed by atoms with Crippen LogP contribution in [0, 0.1) is 11.3 Å². The van der Waals surface area contributed by atoms with E-state index >= 15 is 0 Å². The van der Waals surface area contributed by atoms with Crippen molar-refractivity contribution in [1.82, 2.24) is 15.1 Å². The molecule has 3 rings (SSSR count). The van der Waals surface area contributed by atoms with Gasteiger partial charge in [-0.25, -0.2) is 4.79 Å². The van der Waals surface area contributed by atoms with E-state index in [9.17, 15) is 4.79 Å². The van der Waals surface area contributed by atoms with Gasteiger partial charge in [-0.1, -0.05) is 0 Å². The van der Waals surface area contributed by atoms with E-state index in [0.717, 1.165) is 31.8 Å². The van der Waals surface area contributed by atoms with Gasteiger partial charge in [-0.3, -0.25) is 0 Å². The molecule has 2 saturated carbocycles. The fourth-order valence-electron chi connectivity index (χ4n) is 3.49. The lowest BCUT2D eigenvalue weighted by Crippen LogP contribution is -2.48. The molecule has 0 spiro atoms. The highest BCUT2D eigenvalue weighted by atomic mass is 16.2. The monoisotopic (exact) mass is 265 g/mol. The lowest BCUT2D eigenvalue weighted by atomic mass is 9.98. The molecule has 0 unspecified atom stereocenters. The van der Waals surface area contributed by atoms with Gasteiger partial charge in [0, 0.05) is 39.8 Å². The number of urea groups is 1. The minimum Gasteiger partial charge on any atom is -0.331 e. The Bertz CT molecular complexity index is 339. The topological polar surface area (TPSA) is 35.6 Å². The average Bonchev–Trinajstić information content (AvgIpc) is 3.28. The summed E-state index contributed by atoms with van der Waals surface area (Å²) in [4.78, 5) is 15.5. The number of nitrogens with one attached hydrogen (secondary N) is 1. The van der Waals surface area contributed by atoms with E-state index in [2.05, 4.69) is 5.32 Å². The number of hydrogen-bond acceptors (Lipinski definition) is 2. The van der Waals surface area contributed by atoms with Gasteiger partial charge in [-0.2, -0.15) is 0 Å². The third-order valence-corrected chi connectivity index (χ3v) is 5.23. The molecular formula is C15H27N3O. The minimum atomic E-state index is 0.162. The molecule has 108 valence electrons. The summed E-state index contributed by atoms with van der Waals surface area (Å²) in [5.41, 5.74) is 0.691. The Hall–Kier alpha value is -0.770. The first-order valence-corrected chi connectivity index (χ1v) is 7.80. The van der Waals surface area contributed by atoms with Crippen molar-refractivity contribution in [3.05, 3.63) is 0 Å². The lowest BCUT2D eigenvalue weighted by molar-refractivity contribution is 0.151. The molecule has 2 aliphatic carbocycles. The van der Waals surface area contributed by atoms with Crippen LogP contribution in [0.5, 0.6) is 0 Å². The maximum absolute atomic E-state index is 11.9. The fraction of sp³-hybridized carbons (Fsp3) is 0.933. The molecule has 0 aromatic carbocycles. The van der Waals surface area contributed by atoms with Gasteiger partial charge in [-0.05, 0) is 49.9 Å². The average molecular weight is 265 g/mol. The number of piperidine rings is 1. The number of carbonyl (C=O) groups excluding carboxylic acids is 1. The van der Waals surface area contributed by atoms with E-state index < -0.39 is 0 Å². The maximum atomic E-state index is 11.9. The van der Waals surface area contributed by atoms with Gasteiger partial charge in [0.1, 0.15) is 0 Å². The summed E-state index contributed by atoms with van der Waals surface area (Å²) in [7, 11) is 3.66. The minimum absolute atomic E-state index is 0.162. The second-order valence-corrected chi connectivity index (χ2v) is 6.96. The van der Waals surface area contributed by atoms with Gasteiger partial charge < -0.3 is 15.1 Å². The van der Waals surface area contributed by atoms with Crippen LogP contribution in [-0.4, -0.2) is 55.6 Å². The number of nitrogens with zero attached hydrogens (tertiary/aromatic N) is 2. The Balaban J connectivity index is 1.39. The predicted molar refractivity (Wildman–Crippen MR) is 76.1 cm³/mol. The molecule has 1 N–H and O–H groups in total. The van der Waals surface area contributed by atoms with Gasteiger partial charge in [-0.15, -0.1) is 0 Å². The van der Waals surface area contributed by atoms with Crippen molar-refractivity contribution in [2.24, 2.45) is 11.3 Å². The van der Waals surface area contributed by atoms with E-state index in [-0.39, 0.29) is 6.03 Å². The molecular weight excluding hydrogens is 238 g/mol. The molecule has 0 atom stereocenters. The molecule has 0 aromatic heterocycles. The van der Waals surface area contributed by atoms with Crippen molar-refractivity contribution in [3.8, 4) is 0 Å². The zero-order chi connectivity index (χ0) is 13.5. The first-order chi connectivity index (χ1) is 9.11. The number of amides is 2. The molecule has 1 saturated heterocycles. The standard InChI is InChI=1S/C15H27N3O/c1-17(2)14(19)18-9-5-13(6-10-18)16-11-15(7-8-15)12-3-4-12/h12-13,16H,3-11H2,1-2H3. The Morgan fingerprint density at radius 1 is 1.21 bits per heavy atom. The Labute approximate surface area is 116 Å². The second-order valence-electron chi connectivity index (χ2n) is 6.96. The third kappa shape index (κ3) is 2.88. The van der Waals surface area contributed by atoms with Crippen LogP contribution in [0.15, 0.2) is 0 Å². The van der Waals surface area contributed by atoms with Gasteiger partial charge in [0.2, 0.25) is 0 Å². The number of rotatable bonds is 4. The van der Waals surface area contributed by atoms with Crippen molar-refractivity contribution in [2.75, 3.05) is 33.7 Å². The summed E-state index contributed by atoms with van der Waals surface area (Å²) in [6, 6.07) is 0.789. The largest absolute Gasteiger partial charge is 0.331 e. The van der Waals surface area contributed by atoms with Gasteiger partial charge in [0.15, 0.2) is 0 Å². The molecule has 0 radical (unpaired) electrons. The number of carbonyl (C=O) groups is 1. The van der Waals surface area contributed by atoms with Crippen LogP contribution in [0.3, 0.4) is 0 Å². The van der Waals surface area contributed by atoms with Crippen LogP contribution in [0.1, 0.15) is 38.5 Å². The first-order valence-electron chi connectivity index (χ1n) is 7.80. The molecule has 1 heterocycles. The summed E-state index contributed by atoms with van der Waals surface area (Å²) >= 11 is 0. The summed E-state index contributed by atoms with van der Waals surface area (Å²) in [5.74, 6) is 1.04. The molecule has 0 bridgehead atoms. The van der Waals surface area contributed by atoms with Crippen LogP contribution >= 0.6 is 0 Å². The molecule has 0 aromatic rings. The van der Waals surface area contributed by atoms with Crippen LogP contribution in [0.4, 0.5) is 4.79 Å². The SMILES string of the molecule is CN(C)C(=O)N1CCC(NCC2(C3CC3)CC2)CC1. The molecule has 1 aliphatic heterocycles. The van der Waals surface area contributed by atoms with E-state index in [1.54, 1.807) is 4.90 Å². The maximum Gasteiger partial charge on any atom is 0.319 e. The highest BCUT2D eigenvalue weighted by Crippen LogP contribution is 2.60. The lowest BCUT2D eigenvalue weighted by Gasteiger charge is -2.34. The van der Waals surface area contributed by atoms with Crippen LogP contribution in [-0.2, 0) is 0 Å². The van der Waals surface area contributed by atoms with E-state index in [1.807, 2.05) is 19.0 Å². The number of likely N-dealkylation sites (tertiary alicyclic amines) is 1. The van der Waals surface area contributed by atoms with Crippen molar-refractivity contribution >= 4 is 6.03 Å². The molecule has 4 heteroatoms. The third-order valence-electron chi connectivity index (χ3n) is 5.23. The quantitative estimate of drug-likeness (QED) is 0.843. The highest BCUT2D eigenvalue weighted by Gasteiger charge is 2.53. The zero-order valence-corrected chi connectivity index (χ0v) is 12.3. The van der Waals surface area contributed by atoms with E-state index in [0.29, 0.717) is 11.5 Å². The molecule has 2 amide bonds. The van der Waals surface area contributed by atoms with Gasteiger partial charge in [0.05, 0.1) is 0 Å². The molecule has 4 nitrogen and oxygen atoms in total. The highest BCUT2D eigenvalue weighted by molar-refractivity contribution is 5.73. The molecule has 3 aliphatic rings. The normalized spacial score (nSPS) is 26.3. The van der Waals surface area contributed by atoms with Gasteiger partial charge >= 0.3 is 6.03 Å². The van der Waals surface area contributed by atoms with Crippen molar-refractivity contribution in [1.29, 1.82) is 0 Å². The van der Waals surface area contributed by atoms with Crippen LogP contribution < -0.4 is 5.32 Å². The molecule has 19 heavy (non-hydrogen) atoms. The van der Waals surface area contributed by atoms with Gasteiger partial charge in [0.25, 0.3) is 0 Å². The first kappa shape index (κ1) is 13.2. The summed E-state index contributed by atoms with van der Waals surface area (Å²) in [6.07, 6.45) is 8.06. The van der Waals surface area contributed by atoms with Crippen molar-refractivity contribution in [3.63, 3.8) is 0 Å². The summed E-state index contributed by atoms with van der Waals surface area (Å²) in [6.45, 7) is 3.04. The van der Waals surface area contributed by atoms with E-state index in [4.69, 9.17) is 0 Å². The van der Waals surface area contributed by atoms with Crippen molar-refractivity contribution in [2.45, 2.75) is 44.6 Å². The van der Waals surface area contributed by atoms with Crippen LogP contribution in [0.25, 0.3) is 0 Å². The summed E-state index contributed by atoms with van der Waals surface area (Å²) in [5, 5.41) is 3.78. The van der Waals surface area contributed by atoms with Crippen molar-refractivity contribution < 1.29 is 4.79 Å². The number of hydrogen-bond donors (Lipinski definition) is 1. The summed E-state index contributed by atoms with van der Waals surface area (Å²) < 4.78 is 0. The fourth-order valence-corrected chi connectivity index (χ4v) is 3.49. The Morgan fingerprint density at radius 3 is 2.32 bits per heavy atom. The predicted octanol–water partition coefficient (Wildman–Crippen LogP) is 1.91. The zero-order valence-electron chi connectivity index (χ0n) is 12.3.